The van der Waals surface area contributed by atoms with Gasteiger partial charge in [0, 0.05) is 44.0 Å². The summed E-state index contributed by atoms with van der Waals surface area (Å²) in [6.07, 6.45) is 3.96. The summed E-state index contributed by atoms with van der Waals surface area (Å²) in [5.41, 5.74) is 0.305. The summed E-state index contributed by atoms with van der Waals surface area (Å²) in [4.78, 5) is 14.4. The number of hydrogen-bond acceptors (Lipinski definition) is 4. The molecule has 0 aromatic heterocycles. The second-order valence-corrected chi connectivity index (χ2v) is 9.41. The molecule has 6 nitrogen and oxygen atoms in total. The van der Waals surface area contributed by atoms with Crippen molar-refractivity contribution in [2.24, 2.45) is 0 Å². The fourth-order valence-electron chi connectivity index (χ4n) is 3.94. The summed E-state index contributed by atoms with van der Waals surface area (Å²) in [7, 11) is -3.42. The van der Waals surface area contributed by atoms with E-state index in [9.17, 15) is 17.6 Å². The smallest absolute Gasteiger partial charge is 0.253 e. The molecule has 0 aliphatic carbocycles. The van der Waals surface area contributed by atoms with Gasteiger partial charge in [0.1, 0.15) is 5.82 Å². The number of sulfonamides is 1. The standard InChI is InChI=1S/C18H24ClFN2O4S/c1-27(24,25)22(14-6-9-26-10-7-14)15-3-2-8-21(12-15)18(23)13-4-5-17(20)16(19)11-13/h4-5,11,14-15H,2-3,6-10,12H2,1H3. The molecule has 3 rings (SSSR count). The van der Waals surface area contributed by atoms with E-state index in [0.717, 1.165) is 0 Å². The van der Waals surface area contributed by atoms with Crippen molar-refractivity contribution in [2.75, 3.05) is 32.6 Å². The van der Waals surface area contributed by atoms with Crippen LogP contribution in [0.5, 0.6) is 0 Å². The zero-order valence-electron chi connectivity index (χ0n) is 15.2. The minimum Gasteiger partial charge on any atom is -0.381 e. The lowest BCUT2D eigenvalue weighted by atomic mass is 10.0. The molecule has 0 N–H and O–H groups in total. The Labute approximate surface area is 164 Å². The third kappa shape index (κ3) is 4.80. The minimum absolute atomic E-state index is 0.102. The highest BCUT2D eigenvalue weighted by atomic mass is 35.5. The monoisotopic (exact) mass is 418 g/mol. The molecule has 0 spiro atoms. The maximum Gasteiger partial charge on any atom is 0.253 e. The molecule has 1 aromatic carbocycles. The second-order valence-electron chi connectivity index (χ2n) is 7.11. The minimum atomic E-state index is -3.42. The number of nitrogens with zero attached hydrogens (tertiary/aromatic N) is 2. The van der Waals surface area contributed by atoms with Gasteiger partial charge in [-0.25, -0.2) is 12.8 Å². The predicted octanol–water partition coefficient (Wildman–Crippen LogP) is 2.52. The first-order chi connectivity index (χ1) is 12.8. The van der Waals surface area contributed by atoms with E-state index in [-0.39, 0.29) is 23.0 Å². The van der Waals surface area contributed by atoms with Crippen LogP contribution in [-0.2, 0) is 14.8 Å². The van der Waals surface area contributed by atoms with Crippen molar-refractivity contribution in [3.05, 3.63) is 34.6 Å². The first kappa shape index (κ1) is 20.5. The Kier molecular flexibility index (Phi) is 6.40. The first-order valence-electron chi connectivity index (χ1n) is 9.08. The van der Waals surface area contributed by atoms with Crippen LogP contribution in [0.15, 0.2) is 18.2 Å². The number of hydrogen-bond donors (Lipinski definition) is 0. The summed E-state index contributed by atoms with van der Waals surface area (Å²) < 4.78 is 45.3. The van der Waals surface area contributed by atoms with Gasteiger partial charge in [0.15, 0.2) is 0 Å². The van der Waals surface area contributed by atoms with Crippen molar-refractivity contribution >= 4 is 27.5 Å². The SMILES string of the molecule is CS(=O)(=O)N(C1CCOCC1)C1CCCN(C(=O)c2ccc(F)c(Cl)c2)C1. The average molecular weight is 419 g/mol. The van der Waals surface area contributed by atoms with Crippen molar-refractivity contribution in [1.29, 1.82) is 0 Å². The Morgan fingerprint density at radius 1 is 1.26 bits per heavy atom. The molecule has 2 fully saturated rings. The van der Waals surface area contributed by atoms with Crippen LogP contribution in [0.3, 0.4) is 0 Å². The van der Waals surface area contributed by atoms with Crippen LogP contribution in [0.1, 0.15) is 36.0 Å². The number of rotatable bonds is 4. The van der Waals surface area contributed by atoms with E-state index >= 15 is 0 Å². The van der Waals surface area contributed by atoms with Gasteiger partial charge in [0.2, 0.25) is 10.0 Å². The third-order valence-electron chi connectivity index (χ3n) is 5.14. The highest BCUT2D eigenvalue weighted by Crippen LogP contribution is 2.27. The van der Waals surface area contributed by atoms with Gasteiger partial charge in [-0.05, 0) is 43.9 Å². The number of piperidine rings is 1. The molecular weight excluding hydrogens is 395 g/mol. The fraction of sp³-hybridized carbons (Fsp3) is 0.611. The van der Waals surface area contributed by atoms with Gasteiger partial charge in [0.05, 0.1) is 11.3 Å². The highest BCUT2D eigenvalue weighted by molar-refractivity contribution is 7.88. The molecule has 1 aromatic rings. The summed E-state index contributed by atoms with van der Waals surface area (Å²) in [6, 6.07) is 3.52. The van der Waals surface area contributed by atoms with E-state index in [4.69, 9.17) is 16.3 Å². The van der Waals surface area contributed by atoms with Crippen LogP contribution < -0.4 is 0 Å². The fourth-order valence-corrected chi connectivity index (χ4v) is 5.58. The first-order valence-corrected chi connectivity index (χ1v) is 11.3. The number of amides is 1. The lowest BCUT2D eigenvalue weighted by Crippen LogP contribution is -2.55. The van der Waals surface area contributed by atoms with Crippen LogP contribution in [0.25, 0.3) is 0 Å². The quantitative estimate of drug-likeness (QED) is 0.753. The molecular formula is C18H24ClFN2O4S. The summed E-state index contributed by atoms with van der Waals surface area (Å²) in [5.74, 6) is -0.838. The topological polar surface area (TPSA) is 66.9 Å². The van der Waals surface area contributed by atoms with Gasteiger partial charge < -0.3 is 9.64 Å². The number of halogens is 2. The van der Waals surface area contributed by atoms with Gasteiger partial charge in [-0.3, -0.25) is 4.79 Å². The number of carbonyl (C=O) groups excluding carboxylic acids is 1. The van der Waals surface area contributed by atoms with Crippen LogP contribution in [0, 0.1) is 5.82 Å². The highest BCUT2D eigenvalue weighted by Gasteiger charge is 2.37. The molecule has 2 aliphatic heterocycles. The lowest BCUT2D eigenvalue weighted by Gasteiger charge is -2.42. The second kappa shape index (κ2) is 8.43. The van der Waals surface area contributed by atoms with Crippen LogP contribution in [0.2, 0.25) is 5.02 Å². The molecule has 2 heterocycles. The maximum atomic E-state index is 13.4. The molecule has 2 saturated heterocycles. The van der Waals surface area contributed by atoms with Crippen LogP contribution in [0.4, 0.5) is 4.39 Å². The molecule has 0 bridgehead atoms. The molecule has 0 radical (unpaired) electrons. The molecule has 1 amide bonds. The van der Waals surface area contributed by atoms with Crippen molar-refractivity contribution in [2.45, 2.75) is 37.8 Å². The Bertz CT molecular complexity index is 799. The Morgan fingerprint density at radius 2 is 1.96 bits per heavy atom. The van der Waals surface area contributed by atoms with Gasteiger partial charge >= 0.3 is 0 Å². The van der Waals surface area contributed by atoms with Crippen molar-refractivity contribution in [3.63, 3.8) is 0 Å². The van der Waals surface area contributed by atoms with E-state index in [1.54, 1.807) is 9.21 Å². The summed E-state index contributed by atoms with van der Waals surface area (Å²) in [6.45, 7) is 1.94. The largest absolute Gasteiger partial charge is 0.381 e. The Morgan fingerprint density at radius 3 is 2.59 bits per heavy atom. The van der Waals surface area contributed by atoms with E-state index in [1.807, 2.05) is 0 Å². The van der Waals surface area contributed by atoms with Crippen LogP contribution >= 0.6 is 11.6 Å². The third-order valence-corrected chi connectivity index (χ3v) is 6.80. The molecule has 1 unspecified atom stereocenters. The summed E-state index contributed by atoms with van der Waals surface area (Å²) >= 11 is 5.79. The molecule has 150 valence electrons. The van der Waals surface area contributed by atoms with Gasteiger partial charge in [-0.15, -0.1) is 0 Å². The molecule has 0 saturated carbocycles. The van der Waals surface area contributed by atoms with Gasteiger partial charge in [-0.2, -0.15) is 4.31 Å². The number of benzene rings is 1. The summed E-state index contributed by atoms with van der Waals surface area (Å²) in [5, 5.41) is -0.102. The van der Waals surface area contributed by atoms with E-state index < -0.39 is 15.8 Å². The van der Waals surface area contributed by atoms with E-state index in [0.29, 0.717) is 57.6 Å². The predicted molar refractivity (Wildman–Crippen MR) is 101 cm³/mol. The van der Waals surface area contributed by atoms with Gasteiger partial charge in [0.25, 0.3) is 5.91 Å². The lowest BCUT2D eigenvalue weighted by molar-refractivity contribution is 0.0342. The number of carbonyl (C=O) groups is 1. The number of ether oxygens (including phenoxy) is 1. The van der Waals surface area contributed by atoms with Gasteiger partial charge in [-0.1, -0.05) is 11.6 Å². The normalized spacial score (nSPS) is 22.2. The zero-order chi connectivity index (χ0) is 19.6. The molecule has 1 atom stereocenters. The average Bonchev–Trinajstić information content (AvgIpc) is 2.63. The molecule has 27 heavy (non-hydrogen) atoms. The maximum absolute atomic E-state index is 13.4. The Balaban J connectivity index is 1.78. The molecule has 2 aliphatic rings. The van der Waals surface area contributed by atoms with Crippen LogP contribution in [-0.4, -0.2) is 68.2 Å². The van der Waals surface area contributed by atoms with Crippen molar-refractivity contribution in [3.8, 4) is 0 Å². The Hall–Kier alpha value is -1.22. The zero-order valence-corrected chi connectivity index (χ0v) is 16.8. The molecule has 9 heteroatoms. The number of likely N-dealkylation sites (tertiary alicyclic amines) is 1. The van der Waals surface area contributed by atoms with E-state index in [2.05, 4.69) is 0 Å². The van der Waals surface area contributed by atoms with Crippen molar-refractivity contribution < 1.29 is 22.3 Å². The van der Waals surface area contributed by atoms with E-state index in [1.165, 1.54) is 24.5 Å². The van der Waals surface area contributed by atoms with Crippen molar-refractivity contribution in [1.82, 2.24) is 9.21 Å².